The molecule has 2 heterocycles. The summed E-state index contributed by atoms with van der Waals surface area (Å²) in [4.78, 5) is 11.0. The van der Waals surface area contributed by atoms with E-state index in [1.807, 2.05) is 0 Å². The molecule has 5 nitrogen and oxygen atoms in total. The van der Waals surface area contributed by atoms with E-state index >= 15 is 0 Å². The topological polar surface area (TPSA) is 65.6 Å². The number of hydrogen-bond donors (Lipinski definition) is 3. The van der Waals surface area contributed by atoms with Crippen LogP contribution in [0.3, 0.4) is 0 Å². The van der Waals surface area contributed by atoms with Gasteiger partial charge in [-0.05, 0) is 18.3 Å². The summed E-state index contributed by atoms with van der Waals surface area (Å²) in [7, 11) is 0. The van der Waals surface area contributed by atoms with Gasteiger partial charge in [0.1, 0.15) is 0 Å². The monoisotopic (exact) mass is 315 g/mol. The smallest absolute Gasteiger partial charge is 0.171 e. The highest BCUT2D eigenvalue weighted by Crippen LogP contribution is 2.22. The first-order valence-electron chi connectivity index (χ1n) is 5.48. The van der Waals surface area contributed by atoms with Crippen LogP contribution in [0.1, 0.15) is 5.69 Å². The van der Waals surface area contributed by atoms with Crippen LogP contribution < -0.4 is 10.6 Å². The summed E-state index contributed by atoms with van der Waals surface area (Å²) in [6, 6.07) is 1.60. The Labute approximate surface area is 125 Å². The van der Waals surface area contributed by atoms with Crippen LogP contribution in [0.25, 0.3) is 0 Å². The number of anilines is 1. The number of imidazole rings is 1. The van der Waals surface area contributed by atoms with Crippen molar-refractivity contribution in [1.82, 2.24) is 20.3 Å². The predicted octanol–water partition coefficient (Wildman–Crippen LogP) is 2.64. The SMILES string of the molecule is S=C(NCCc1cnc[nH]1)Nc1ncc(Cl)cc1Cl. The number of aromatic amines is 1. The highest BCUT2D eigenvalue weighted by Gasteiger charge is 2.04. The molecule has 0 atom stereocenters. The van der Waals surface area contributed by atoms with E-state index in [9.17, 15) is 0 Å². The van der Waals surface area contributed by atoms with E-state index in [0.29, 0.717) is 27.5 Å². The van der Waals surface area contributed by atoms with Gasteiger partial charge in [0.15, 0.2) is 10.9 Å². The minimum Gasteiger partial charge on any atom is -0.362 e. The molecule has 0 bridgehead atoms. The van der Waals surface area contributed by atoms with E-state index in [4.69, 9.17) is 35.4 Å². The highest BCUT2D eigenvalue weighted by atomic mass is 35.5. The first-order chi connectivity index (χ1) is 9.15. The van der Waals surface area contributed by atoms with Gasteiger partial charge in [-0.3, -0.25) is 0 Å². The van der Waals surface area contributed by atoms with Gasteiger partial charge in [-0.2, -0.15) is 0 Å². The lowest BCUT2D eigenvalue weighted by Crippen LogP contribution is -2.30. The molecule has 100 valence electrons. The quantitative estimate of drug-likeness (QED) is 0.757. The van der Waals surface area contributed by atoms with Gasteiger partial charge in [-0.1, -0.05) is 23.2 Å². The van der Waals surface area contributed by atoms with Crippen molar-refractivity contribution in [2.24, 2.45) is 0 Å². The summed E-state index contributed by atoms with van der Waals surface area (Å²) in [5.41, 5.74) is 1.04. The number of H-pyrrole nitrogens is 1. The Hall–Kier alpha value is -1.37. The molecule has 0 radical (unpaired) electrons. The zero-order valence-electron chi connectivity index (χ0n) is 9.78. The lowest BCUT2D eigenvalue weighted by Gasteiger charge is -2.10. The molecule has 0 aromatic carbocycles. The average Bonchev–Trinajstić information content (AvgIpc) is 2.86. The number of nitrogens with one attached hydrogen (secondary N) is 3. The molecule has 19 heavy (non-hydrogen) atoms. The predicted molar refractivity (Wildman–Crippen MR) is 80.8 cm³/mol. The molecule has 2 aromatic heterocycles. The third-order valence-corrected chi connectivity index (χ3v) is 3.02. The molecule has 0 saturated heterocycles. The van der Waals surface area contributed by atoms with Gasteiger partial charge in [0.25, 0.3) is 0 Å². The van der Waals surface area contributed by atoms with E-state index in [1.54, 1.807) is 18.6 Å². The Bertz CT molecular complexity index is 558. The third-order valence-electron chi connectivity index (χ3n) is 2.27. The maximum atomic E-state index is 5.98. The van der Waals surface area contributed by atoms with E-state index in [1.165, 1.54) is 6.20 Å². The van der Waals surface area contributed by atoms with E-state index in [-0.39, 0.29) is 0 Å². The zero-order chi connectivity index (χ0) is 13.7. The molecule has 0 fully saturated rings. The number of hydrogen-bond acceptors (Lipinski definition) is 3. The molecule has 0 saturated carbocycles. The molecule has 0 aliphatic carbocycles. The average molecular weight is 316 g/mol. The molecule has 0 spiro atoms. The normalized spacial score (nSPS) is 10.2. The van der Waals surface area contributed by atoms with Gasteiger partial charge < -0.3 is 15.6 Å². The summed E-state index contributed by atoms with van der Waals surface area (Å²) in [5, 5.41) is 7.32. The van der Waals surface area contributed by atoms with Crippen LogP contribution in [0.15, 0.2) is 24.8 Å². The summed E-state index contributed by atoms with van der Waals surface area (Å²) in [6.45, 7) is 0.680. The Morgan fingerprint density at radius 2 is 2.21 bits per heavy atom. The van der Waals surface area contributed by atoms with Crippen LogP contribution in [0.5, 0.6) is 0 Å². The summed E-state index contributed by atoms with van der Waals surface area (Å²) >= 11 is 16.9. The van der Waals surface area contributed by atoms with Crippen LogP contribution in [0.2, 0.25) is 10.0 Å². The second-order valence-corrected chi connectivity index (χ2v) is 4.94. The number of halogens is 2. The van der Waals surface area contributed by atoms with Gasteiger partial charge in [-0.25, -0.2) is 9.97 Å². The molecule has 0 unspecified atom stereocenters. The Kier molecular flexibility index (Phi) is 4.95. The van der Waals surface area contributed by atoms with Crippen molar-refractivity contribution < 1.29 is 0 Å². The highest BCUT2D eigenvalue weighted by molar-refractivity contribution is 7.80. The molecule has 2 rings (SSSR count). The molecule has 8 heteroatoms. The fourth-order valence-corrected chi connectivity index (χ4v) is 2.02. The van der Waals surface area contributed by atoms with Crippen LogP contribution >= 0.6 is 35.4 Å². The van der Waals surface area contributed by atoms with Crippen molar-refractivity contribution >= 4 is 46.4 Å². The minimum absolute atomic E-state index is 0.421. The Morgan fingerprint density at radius 1 is 1.37 bits per heavy atom. The standard InChI is InChI=1S/C11H11Cl2N5S/c12-7-3-9(13)10(16-4-7)18-11(19)15-2-1-8-5-14-6-17-8/h3-6H,1-2H2,(H,14,17)(H2,15,16,18,19). The number of rotatable bonds is 4. The molecule has 3 N–H and O–H groups in total. The van der Waals surface area contributed by atoms with Gasteiger partial charge >= 0.3 is 0 Å². The lowest BCUT2D eigenvalue weighted by atomic mass is 10.3. The zero-order valence-corrected chi connectivity index (χ0v) is 12.1. The second-order valence-electron chi connectivity index (χ2n) is 3.69. The van der Waals surface area contributed by atoms with Crippen molar-refractivity contribution in [2.75, 3.05) is 11.9 Å². The van der Waals surface area contributed by atoms with Gasteiger partial charge in [0.05, 0.1) is 16.4 Å². The van der Waals surface area contributed by atoms with Crippen LogP contribution in [-0.4, -0.2) is 26.6 Å². The molecule has 0 amide bonds. The molecule has 2 aromatic rings. The maximum absolute atomic E-state index is 5.98. The maximum Gasteiger partial charge on any atom is 0.171 e. The Morgan fingerprint density at radius 3 is 2.89 bits per heavy atom. The van der Waals surface area contributed by atoms with Crippen molar-refractivity contribution in [3.8, 4) is 0 Å². The molecular weight excluding hydrogens is 305 g/mol. The second kappa shape index (κ2) is 6.70. The van der Waals surface area contributed by atoms with Crippen LogP contribution in [0.4, 0.5) is 5.82 Å². The van der Waals surface area contributed by atoms with Crippen LogP contribution in [-0.2, 0) is 6.42 Å². The molecule has 0 aliphatic rings. The summed E-state index contributed by atoms with van der Waals surface area (Å²) in [6.07, 6.45) is 5.71. The van der Waals surface area contributed by atoms with Crippen molar-refractivity contribution in [2.45, 2.75) is 6.42 Å². The first-order valence-corrected chi connectivity index (χ1v) is 6.64. The van der Waals surface area contributed by atoms with Gasteiger partial charge in [0, 0.05) is 31.1 Å². The minimum atomic E-state index is 0.421. The first kappa shape index (κ1) is 14.0. The van der Waals surface area contributed by atoms with Gasteiger partial charge in [0.2, 0.25) is 0 Å². The largest absolute Gasteiger partial charge is 0.362 e. The number of pyridine rings is 1. The number of aromatic nitrogens is 3. The molecule has 0 aliphatic heterocycles. The fourth-order valence-electron chi connectivity index (χ4n) is 1.39. The van der Waals surface area contributed by atoms with Crippen molar-refractivity contribution in [1.29, 1.82) is 0 Å². The number of thiocarbonyl (C=S) groups is 1. The third kappa shape index (κ3) is 4.34. The van der Waals surface area contributed by atoms with E-state index < -0.39 is 0 Å². The van der Waals surface area contributed by atoms with E-state index in [2.05, 4.69) is 25.6 Å². The van der Waals surface area contributed by atoms with Crippen molar-refractivity contribution in [3.63, 3.8) is 0 Å². The number of nitrogens with zero attached hydrogens (tertiary/aromatic N) is 2. The lowest BCUT2D eigenvalue weighted by molar-refractivity contribution is 0.853. The summed E-state index contributed by atoms with van der Waals surface area (Å²) in [5.74, 6) is 0.477. The summed E-state index contributed by atoms with van der Waals surface area (Å²) < 4.78 is 0. The Balaban J connectivity index is 1.80. The van der Waals surface area contributed by atoms with Crippen molar-refractivity contribution in [3.05, 3.63) is 40.5 Å². The van der Waals surface area contributed by atoms with Gasteiger partial charge in [-0.15, -0.1) is 0 Å². The van der Waals surface area contributed by atoms with Crippen LogP contribution in [0, 0.1) is 0 Å². The molecular formula is C11H11Cl2N5S. The fraction of sp³-hybridized carbons (Fsp3) is 0.182. The van der Waals surface area contributed by atoms with E-state index in [0.717, 1.165) is 12.1 Å².